The zero-order valence-electron chi connectivity index (χ0n) is 25.6. The summed E-state index contributed by atoms with van der Waals surface area (Å²) in [6, 6.07) is 16.3. The van der Waals surface area contributed by atoms with E-state index < -0.39 is 17.6 Å². The molecular weight excluding hydrogens is 532 g/mol. The normalized spacial score (nSPS) is 14.9. The lowest BCUT2D eigenvalue weighted by atomic mass is 9.82. The first-order valence-corrected chi connectivity index (χ1v) is 14.8. The molecule has 4 atom stereocenters. The zero-order chi connectivity index (χ0) is 30.7. The molecule has 0 saturated heterocycles. The fraction of sp³-hybridized carbons (Fsp3) is 0.515. The first kappa shape index (κ1) is 33.3. The standard InChI is InChI=1S/C33H48N4O5/c1-22(2)24(18-25(41-5)14-11-17-42-37-31(39)23-12-7-6-8-13-23)19-28(34)30(38)21-36-32(40)33(3,4)27-20-35-29-16-10-9-15-26(27)29/h6-10,12-13,15-16,20,22,24-25,28,30,35,38H,11,14,17-19,21,34H2,1-5H3,(H,36,40)(H,37,39). The Balaban J connectivity index is 1.43. The quantitative estimate of drug-likeness (QED) is 0.118. The van der Waals surface area contributed by atoms with Crippen molar-refractivity contribution in [3.8, 4) is 0 Å². The van der Waals surface area contributed by atoms with Crippen LogP contribution >= 0.6 is 0 Å². The highest BCUT2D eigenvalue weighted by Gasteiger charge is 2.33. The van der Waals surface area contributed by atoms with Gasteiger partial charge in [0.2, 0.25) is 5.91 Å². The molecule has 42 heavy (non-hydrogen) atoms. The number of hydroxylamine groups is 1. The number of carbonyl (C=O) groups excluding carboxylic acids is 2. The molecule has 9 heteroatoms. The van der Waals surface area contributed by atoms with Crippen LogP contribution in [-0.2, 0) is 19.8 Å². The van der Waals surface area contributed by atoms with Gasteiger partial charge in [-0.15, -0.1) is 0 Å². The molecule has 1 heterocycles. The third kappa shape index (κ3) is 9.13. The molecule has 2 amide bonds. The second kappa shape index (κ2) is 15.8. The molecule has 0 saturated carbocycles. The number of aliphatic hydroxyl groups is 1. The molecule has 2 aromatic carbocycles. The number of aliphatic hydroxyl groups excluding tert-OH is 1. The van der Waals surface area contributed by atoms with E-state index in [1.807, 2.05) is 50.4 Å². The number of methoxy groups -OCH3 is 1. The highest BCUT2D eigenvalue weighted by Crippen LogP contribution is 2.31. The van der Waals surface area contributed by atoms with Crippen LogP contribution < -0.4 is 16.5 Å². The minimum atomic E-state index is -0.878. The number of aromatic nitrogens is 1. The number of fused-ring (bicyclic) bond motifs is 1. The van der Waals surface area contributed by atoms with Crippen molar-refractivity contribution in [1.82, 2.24) is 15.8 Å². The number of amides is 2. The minimum absolute atomic E-state index is 0.00755. The summed E-state index contributed by atoms with van der Waals surface area (Å²) in [5, 5.41) is 14.8. The van der Waals surface area contributed by atoms with E-state index in [0.29, 0.717) is 30.9 Å². The van der Waals surface area contributed by atoms with Crippen molar-refractivity contribution in [2.75, 3.05) is 20.3 Å². The molecule has 0 fully saturated rings. The van der Waals surface area contributed by atoms with Crippen LogP contribution in [0.1, 0.15) is 69.3 Å². The Bertz CT molecular complexity index is 1260. The van der Waals surface area contributed by atoms with Crippen LogP contribution in [0.15, 0.2) is 60.8 Å². The minimum Gasteiger partial charge on any atom is -0.390 e. The number of nitrogens with two attached hydrogens (primary N) is 1. The molecule has 230 valence electrons. The number of hydrogen-bond acceptors (Lipinski definition) is 6. The van der Waals surface area contributed by atoms with E-state index in [4.69, 9.17) is 15.3 Å². The highest BCUT2D eigenvalue weighted by molar-refractivity contribution is 5.94. The number of benzene rings is 2. The van der Waals surface area contributed by atoms with Crippen molar-refractivity contribution in [1.29, 1.82) is 0 Å². The summed E-state index contributed by atoms with van der Waals surface area (Å²) < 4.78 is 5.75. The van der Waals surface area contributed by atoms with Crippen LogP contribution in [0.2, 0.25) is 0 Å². The number of H-pyrrole nitrogens is 1. The van der Waals surface area contributed by atoms with Crippen LogP contribution in [0, 0.1) is 11.8 Å². The van der Waals surface area contributed by atoms with Gasteiger partial charge in [0.15, 0.2) is 0 Å². The molecule has 1 aromatic heterocycles. The summed E-state index contributed by atoms with van der Waals surface area (Å²) in [4.78, 5) is 33.9. The van der Waals surface area contributed by atoms with Crippen LogP contribution in [0.5, 0.6) is 0 Å². The number of rotatable bonds is 17. The van der Waals surface area contributed by atoms with Crippen molar-refractivity contribution < 1.29 is 24.3 Å². The molecule has 0 aliphatic heterocycles. The van der Waals surface area contributed by atoms with Gasteiger partial charge in [0.05, 0.1) is 24.2 Å². The summed E-state index contributed by atoms with van der Waals surface area (Å²) in [5.74, 6) is 0.110. The van der Waals surface area contributed by atoms with Gasteiger partial charge in [-0.2, -0.15) is 0 Å². The van der Waals surface area contributed by atoms with Gasteiger partial charge in [-0.25, -0.2) is 5.48 Å². The fourth-order valence-electron chi connectivity index (χ4n) is 5.25. The van der Waals surface area contributed by atoms with E-state index in [1.165, 1.54) is 0 Å². The molecule has 0 aliphatic carbocycles. The molecule has 4 unspecified atom stereocenters. The predicted molar refractivity (Wildman–Crippen MR) is 166 cm³/mol. The molecule has 3 rings (SSSR count). The Morgan fingerprint density at radius 1 is 1.05 bits per heavy atom. The van der Waals surface area contributed by atoms with E-state index >= 15 is 0 Å². The van der Waals surface area contributed by atoms with Gasteiger partial charge < -0.3 is 25.9 Å². The van der Waals surface area contributed by atoms with Gasteiger partial charge in [0.25, 0.3) is 5.91 Å². The van der Waals surface area contributed by atoms with E-state index in [-0.39, 0.29) is 30.4 Å². The molecule has 3 aromatic rings. The van der Waals surface area contributed by atoms with E-state index in [1.54, 1.807) is 31.4 Å². The third-order valence-electron chi connectivity index (χ3n) is 8.19. The number of carbonyl (C=O) groups is 2. The summed E-state index contributed by atoms with van der Waals surface area (Å²) in [6.45, 7) is 8.50. The topological polar surface area (TPSA) is 139 Å². The second-order valence-corrected chi connectivity index (χ2v) is 11.9. The molecule has 0 bridgehead atoms. The van der Waals surface area contributed by atoms with Gasteiger partial charge in [0.1, 0.15) is 0 Å². The molecule has 9 nitrogen and oxygen atoms in total. The molecule has 0 spiro atoms. The zero-order valence-corrected chi connectivity index (χ0v) is 25.6. The van der Waals surface area contributed by atoms with Gasteiger partial charge in [-0.1, -0.05) is 50.2 Å². The maximum absolute atomic E-state index is 13.2. The SMILES string of the molecule is COC(CCCONC(=O)c1ccccc1)CC(CC(N)C(O)CNC(=O)C(C)(C)c1c[nH]c2ccccc12)C(C)C. The number of hydrogen-bond donors (Lipinski definition) is 5. The third-order valence-corrected chi connectivity index (χ3v) is 8.19. The molecule has 6 N–H and O–H groups in total. The lowest BCUT2D eigenvalue weighted by molar-refractivity contribution is -0.126. The fourth-order valence-corrected chi connectivity index (χ4v) is 5.25. The summed E-state index contributed by atoms with van der Waals surface area (Å²) in [7, 11) is 1.69. The maximum atomic E-state index is 13.2. The van der Waals surface area contributed by atoms with Crippen molar-refractivity contribution in [2.24, 2.45) is 17.6 Å². The van der Waals surface area contributed by atoms with Gasteiger partial charge in [0, 0.05) is 42.4 Å². The monoisotopic (exact) mass is 580 g/mol. The second-order valence-electron chi connectivity index (χ2n) is 11.9. The first-order valence-electron chi connectivity index (χ1n) is 14.8. The highest BCUT2D eigenvalue weighted by atomic mass is 16.6. The first-order chi connectivity index (χ1) is 20.0. The lowest BCUT2D eigenvalue weighted by Crippen LogP contribution is -2.48. The van der Waals surface area contributed by atoms with Crippen molar-refractivity contribution in [3.05, 3.63) is 71.9 Å². The predicted octanol–water partition coefficient (Wildman–Crippen LogP) is 4.46. The van der Waals surface area contributed by atoms with Gasteiger partial charge in [-0.3, -0.25) is 14.4 Å². The Hall–Kier alpha value is -3.24. The summed E-state index contributed by atoms with van der Waals surface area (Å²) in [5.41, 5.74) is 10.6. The molecule has 0 radical (unpaired) electrons. The van der Waals surface area contributed by atoms with Crippen molar-refractivity contribution in [3.63, 3.8) is 0 Å². The lowest BCUT2D eigenvalue weighted by Gasteiger charge is -2.30. The summed E-state index contributed by atoms with van der Waals surface area (Å²) in [6.07, 6.45) is 3.85. The molecular formula is C33H48N4O5. The number of para-hydroxylation sites is 1. The van der Waals surface area contributed by atoms with Crippen molar-refractivity contribution in [2.45, 2.75) is 77.0 Å². The van der Waals surface area contributed by atoms with E-state index in [2.05, 4.69) is 29.6 Å². The Morgan fingerprint density at radius 2 is 1.74 bits per heavy atom. The van der Waals surface area contributed by atoms with Gasteiger partial charge >= 0.3 is 0 Å². The van der Waals surface area contributed by atoms with Crippen LogP contribution in [0.3, 0.4) is 0 Å². The number of nitrogens with one attached hydrogen (secondary N) is 3. The van der Waals surface area contributed by atoms with E-state index in [9.17, 15) is 14.7 Å². The maximum Gasteiger partial charge on any atom is 0.274 e. The largest absolute Gasteiger partial charge is 0.390 e. The van der Waals surface area contributed by atoms with Gasteiger partial charge in [-0.05, 0) is 75.1 Å². The Morgan fingerprint density at radius 3 is 2.43 bits per heavy atom. The van der Waals surface area contributed by atoms with Crippen LogP contribution in [-0.4, -0.2) is 60.4 Å². The average Bonchev–Trinajstić information content (AvgIpc) is 3.43. The average molecular weight is 581 g/mol. The Kier molecular flexibility index (Phi) is 12.5. The van der Waals surface area contributed by atoms with Crippen molar-refractivity contribution >= 4 is 22.7 Å². The number of aromatic amines is 1. The number of ether oxygens (including phenoxy) is 1. The van der Waals surface area contributed by atoms with E-state index in [0.717, 1.165) is 29.3 Å². The summed E-state index contributed by atoms with van der Waals surface area (Å²) >= 11 is 0. The molecule has 0 aliphatic rings. The Labute approximate surface area is 249 Å². The van der Waals surface area contributed by atoms with Crippen LogP contribution in [0.4, 0.5) is 0 Å². The smallest absolute Gasteiger partial charge is 0.274 e. The van der Waals surface area contributed by atoms with Crippen LogP contribution in [0.25, 0.3) is 10.9 Å².